The number of benzene rings is 3. The van der Waals surface area contributed by atoms with Crippen LogP contribution in [0.3, 0.4) is 0 Å². The van der Waals surface area contributed by atoms with E-state index in [1.54, 1.807) is 36.6 Å². The van der Waals surface area contributed by atoms with Crippen LogP contribution in [-0.4, -0.2) is 33.3 Å². The number of carboxylic acids is 1. The highest BCUT2D eigenvalue weighted by Gasteiger charge is 2.32. The molecule has 3 aromatic carbocycles. The predicted octanol–water partition coefficient (Wildman–Crippen LogP) is 7.81. The minimum atomic E-state index is -4.95. The molecule has 13 heteroatoms. The maximum absolute atomic E-state index is 14.9. The lowest BCUT2D eigenvalue weighted by atomic mass is 10.2. The molecular formula is C27H19ClF4N2O6. The Kier molecular flexibility index (Phi) is 6.96. The van der Waals surface area contributed by atoms with E-state index in [2.05, 4.69) is 9.89 Å². The first-order valence-corrected chi connectivity index (χ1v) is 12.2. The van der Waals surface area contributed by atoms with Gasteiger partial charge in [0.25, 0.3) is 0 Å². The van der Waals surface area contributed by atoms with Gasteiger partial charge < -0.3 is 23.8 Å². The molecule has 0 aliphatic heterocycles. The normalized spacial score (nSPS) is 12.6. The molecule has 0 unspecified atom stereocenters. The monoisotopic (exact) mass is 578 g/mol. The summed E-state index contributed by atoms with van der Waals surface area (Å²) < 4.78 is 76.3. The van der Waals surface area contributed by atoms with Crippen molar-refractivity contribution in [2.45, 2.75) is 32.7 Å². The van der Waals surface area contributed by atoms with Gasteiger partial charge in [0, 0.05) is 22.5 Å². The quantitative estimate of drug-likeness (QED) is 0.188. The average molecular weight is 579 g/mol. The molecule has 0 aliphatic carbocycles. The SMILES string of the molecule is CC[C@H](Oc1ccc(F)c(Oc2c(C)n(-c3noc4cc(Cl)ccc34)c3ccc(OC(F)(F)F)cc23)c1)C(=O)O. The number of ether oxygens (including phenoxy) is 3. The lowest BCUT2D eigenvalue weighted by molar-refractivity contribution is -0.274. The van der Waals surface area contributed by atoms with Crippen LogP contribution in [0.2, 0.25) is 5.02 Å². The number of carbonyl (C=O) groups is 1. The van der Waals surface area contributed by atoms with Crippen LogP contribution in [0.5, 0.6) is 23.0 Å². The van der Waals surface area contributed by atoms with Gasteiger partial charge in [0.1, 0.15) is 11.5 Å². The van der Waals surface area contributed by atoms with E-state index in [9.17, 15) is 27.5 Å². The van der Waals surface area contributed by atoms with Crippen LogP contribution in [-0.2, 0) is 4.79 Å². The van der Waals surface area contributed by atoms with Crippen molar-refractivity contribution in [2.24, 2.45) is 0 Å². The van der Waals surface area contributed by atoms with Gasteiger partial charge >= 0.3 is 12.3 Å². The van der Waals surface area contributed by atoms with Crippen LogP contribution in [0.4, 0.5) is 17.6 Å². The molecular weight excluding hydrogens is 560 g/mol. The molecule has 40 heavy (non-hydrogen) atoms. The number of hydrogen-bond donors (Lipinski definition) is 1. The molecule has 2 heterocycles. The topological polar surface area (TPSA) is 96.0 Å². The molecule has 8 nitrogen and oxygen atoms in total. The molecule has 0 amide bonds. The molecule has 1 N–H and O–H groups in total. The van der Waals surface area contributed by atoms with Gasteiger partial charge in [-0.2, -0.15) is 0 Å². The Hall–Kier alpha value is -4.45. The largest absolute Gasteiger partial charge is 0.573 e. The molecule has 0 saturated heterocycles. The second-order valence-electron chi connectivity index (χ2n) is 8.67. The zero-order chi connectivity index (χ0) is 28.8. The zero-order valence-corrected chi connectivity index (χ0v) is 21.5. The lowest BCUT2D eigenvalue weighted by Crippen LogP contribution is -2.25. The van der Waals surface area contributed by atoms with Crippen LogP contribution in [0.15, 0.2) is 59.1 Å². The Labute approximate surface area is 228 Å². The summed E-state index contributed by atoms with van der Waals surface area (Å²) in [6.07, 6.45) is -5.99. The van der Waals surface area contributed by atoms with Gasteiger partial charge in [-0.3, -0.25) is 4.57 Å². The summed E-state index contributed by atoms with van der Waals surface area (Å²) in [7, 11) is 0. The third kappa shape index (κ3) is 5.22. The summed E-state index contributed by atoms with van der Waals surface area (Å²) in [4.78, 5) is 11.4. The van der Waals surface area contributed by atoms with E-state index in [0.29, 0.717) is 33.0 Å². The van der Waals surface area contributed by atoms with E-state index in [-0.39, 0.29) is 29.1 Å². The highest BCUT2D eigenvalue weighted by Crippen LogP contribution is 2.42. The smallest absolute Gasteiger partial charge is 0.479 e. The second kappa shape index (κ2) is 10.3. The van der Waals surface area contributed by atoms with Gasteiger partial charge in [0.2, 0.25) is 0 Å². The van der Waals surface area contributed by atoms with Gasteiger partial charge in [0.15, 0.2) is 34.8 Å². The standard InChI is InChI=1S/C27H19ClF4N2O6/c1-3-21(26(35)36)37-15-5-8-19(29)23(12-15)38-24-13(2)34(25-17-7-4-14(28)10-22(17)40-33-25)20-9-6-16(11-18(20)24)39-27(30,31)32/h4-12,21H,3H2,1-2H3,(H,35,36)/t21-/m0/s1. The molecule has 0 bridgehead atoms. The minimum absolute atomic E-state index is 0.00550. The highest BCUT2D eigenvalue weighted by atomic mass is 35.5. The molecule has 208 valence electrons. The van der Waals surface area contributed by atoms with Crippen molar-refractivity contribution in [3.63, 3.8) is 0 Å². The minimum Gasteiger partial charge on any atom is -0.479 e. The maximum atomic E-state index is 14.9. The second-order valence-corrected chi connectivity index (χ2v) is 9.11. The number of aliphatic carboxylic acids is 1. The van der Waals surface area contributed by atoms with E-state index in [4.69, 9.17) is 25.6 Å². The number of alkyl halides is 3. The van der Waals surface area contributed by atoms with E-state index in [1.807, 2.05) is 0 Å². The first-order valence-electron chi connectivity index (χ1n) is 11.8. The van der Waals surface area contributed by atoms with E-state index in [1.165, 1.54) is 12.1 Å². The number of aromatic nitrogens is 2. The van der Waals surface area contributed by atoms with Crippen molar-refractivity contribution in [2.75, 3.05) is 0 Å². The number of halogens is 5. The van der Waals surface area contributed by atoms with Crippen molar-refractivity contribution >= 4 is 39.4 Å². The lowest BCUT2D eigenvalue weighted by Gasteiger charge is -2.15. The molecule has 0 saturated carbocycles. The molecule has 2 aromatic heterocycles. The number of rotatable bonds is 8. The van der Waals surface area contributed by atoms with Crippen molar-refractivity contribution in [1.82, 2.24) is 9.72 Å². The average Bonchev–Trinajstić information content (AvgIpc) is 3.40. The van der Waals surface area contributed by atoms with Crippen LogP contribution in [0.1, 0.15) is 19.0 Å². The Morgan fingerprint density at radius 2 is 1.85 bits per heavy atom. The Morgan fingerprint density at radius 1 is 1.10 bits per heavy atom. The zero-order valence-electron chi connectivity index (χ0n) is 20.8. The Balaban J connectivity index is 1.66. The van der Waals surface area contributed by atoms with Crippen molar-refractivity contribution in [3.8, 4) is 28.8 Å². The number of fused-ring (bicyclic) bond motifs is 2. The summed E-state index contributed by atoms with van der Waals surface area (Å²) in [6.45, 7) is 3.21. The van der Waals surface area contributed by atoms with Crippen molar-refractivity contribution < 1.29 is 46.2 Å². The van der Waals surface area contributed by atoms with Crippen LogP contribution in [0.25, 0.3) is 27.7 Å². The summed E-state index contributed by atoms with van der Waals surface area (Å²) in [5.41, 5.74) is 1.06. The van der Waals surface area contributed by atoms with Gasteiger partial charge in [0.05, 0.1) is 16.6 Å². The molecule has 0 fully saturated rings. The summed E-state index contributed by atoms with van der Waals surface area (Å²) in [6, 6.07) is 11.9. The maximum Gasteiger partial charge on any atom is 0.573 e. The van der Waals surface area contributed by atoms with Gasteiger partial charge in [-0.15, -0.1) is 13.2 Å². The fraction of sp³-hybridized carbons (Fsp3) is 0.185. The molecule has 5 rings (SSSR count). The van der Waals surface area contributed by atoms with E-state index in [0.717, 1.165) is 24.3 Å². The van der Waals surface area contributed by atoms with Gasteiger partial charge in [-0.05, 0) is 55.8 Å². The number of hydrogen-bond acceptors (Lipinski definition) is 6. The summed E-state index contributed by atoms with van der Waals surface area (Å²) in [5.74, 6) is -2.59. The predicted molar refractivity (Wildman–Crippen MR) is 136 cm³/mol. The Morgan fingerprint density at radius 3 is 2.55 bits per heavy atom. The third-order valence-electron chi connectivity index (χ3n) is 6.02. The van der Waals surface area contributed by atoms with Crippen LogP contribution in [0, 0.1) is 12.7 Å². The van der Waals surface area contributed by atoms with Gasteiger partial charge in [-0.25, -0.2) is 9.18 Å². The summed E-state index contributed by atoms with van der Waals surface area (Å²) in [5, 5.41) is 14.5. The van der Waals surface area contributed by atoms with E-state index < -0.39 is 30.0 Å². The molecule has 1 atom stereocenters. The first kappa shape index (κ1) is 27.1. The van der Waals surface area contributed by atoms with E-state index >= 15 is 0 Å². The Bertz CT molecular complexity index is 1750. The van der Waals surface area contributed by atoms with Crippen molar-refractivity contribution in [1.29, 1.82) is 0 Å². The van der Waals surface area contributed by atoms with Crippen molar-refractivity contribution in [3.05, 3.63) is 71.1 Å². The fourth-order valence-corrected chi connectivity index (χ4v) is 4.41. The van der Waals surface area contributed by atoms with Crippen LogP contribution >= 0.6 is 11.6 Å². The van der Waals surface area contributed by atoms with Gasteiger partial charge in [-0.1, -0.05) is 23.7 Å². The summed E-state index contributed by atoms with van der Waals surface area (Å²) >= 11 is 6.05. The number of nitrogens with zero attached hydrogens (tertiary/aromatic N) is 2. The van der Waals surface area contributed by atoms with Crippen LogP contribution < -0.4 is 14.2 Å². The molecule has 0 aliphatic rings. The number of carboxylic acid groups (broad SMARTS) is 1. The molecule has 0 spiro atoms. The molecule has 5 aromatic rings. The highest BCUT2D eigenvalue weighted by molar-refractivity contribution is 6.31. The molecule has 0 radical (unpaired) electrons. The fourth-order valence-electron chi connectivity index (χ4n) is 4.25. The first-order chi connectivity index (χ1) is 18.9. The third-order valence-corrected chi connectivity index (χ3v) is 6.25.